The minimum absolute atomic E-state index is 0.0371. The molecule has 66 valence electrons. The maximum Gasteiger partial charge on any atom is 0.147 e. The first kappa shape index (κ1) is 9.94. The maximum absolute atomic E-state index is 11.0. The number of nitrogens with zero attached hydrogens (tertiary/aromatic N) is 1. The summed E-state index contributed by atoms with van der Waals surface area (Å²) >= 11 is 3.25. The summed E-state index contributed by atoms with van der Waals surface area (Å²) in [6.07, 6.45) is 0. The summed E-state index contributed by atoms with van der Waals surface area (Å²) in [7, 11) is 0. The molecule has 1 aromatic rings. The first-order chi connectivity index (χ1) is 6.15. The van der Waals surface area contributed by atoms with Gasteiger partial charge in [-0.15, -0.1) is 0 Å². The van der Waals surface area contributed by atoms with Crippen LogP contribution in [0.1, 0.15) is 22.9 Å². The topological polar surface area (TPSA) is 40.9 Å². The monoisotopic (exact) mass is 237 g/mol. The Labute approximate surface area is 85.3 Å². The summed E-state index contributed by atoms with van der Waals surface area (Å²) in [6.45, 7) is 1.51. The predicted octanol–water partition coefficient (Wildman–Crippen LogP) is 2.58. The van der Waals surface area contributed by atoms with Gasteiger partial charge in [0.25, 0.3) is 0 Å². The lowest BCUT2D eigenvalue weighted by atomic mass is 10.1. The third-order valence-electron chi connectivity index (χ3n) is 1.67. The van der Waals surface area contributed by atoms with Gasteiger partial charge in [0.1, 0.15) is 5.78 Å². The molecule has 0 amide bonds. The number of carbonyl (C=O) groups excluding carboxylic acids is 1. The Hall–Kier alpha value is -1.14. The molecule has 0 fully saturated rings. The van der Waals surface area contributed by atoms with Crippen LogP contribution in [0, 0.1) is 11.3 Å². The molecule has 1 rings (SSSR count). The van der Waals surface area contributed by atoms with E-state index in [2.05, 4.69) is 15.9 Å². The fourth-order valence-electron chi connectivity index (χ4n) is 1.00. The van der Waals surface area contributed by atoms with E-state index in [1.54, 1.807) is 18.2 Å². The fourth-order valence-corrected chi connectivity index (χ4v) is 1.29. The molecule has 0 aliphatic carbocycles. The Balaban J connectivity index is 3.03. The van der Waals surface area contributed by atoms with Gasteiger partial charge in [-0.05, 0) is 24.6 Å². The average Bonchev–Trinajstić information content (AvgIpc) is 2.16. The second-order valence-electron chi connectivity index (χ2n) is 2.71. The van der Waals surface area contributed by atoms with Crippen LogP contribution in [0.3, 0.4) is 0 Å². The van der Waals surface area contributed by atoms with Crippen molar-refractivity contribution in [2.24, 2.45) is 0 Å². The molecule has 0 saturated heterocycles. The summed E-state index contributed by atoms with van der Waals surface area (Å²) in [6, 6.07) is 9.04. The highest BCUT2D eigenvalue weighted by molar-refractivity contribution is 9.09. The van der Waals surface area contributed by atoms with Crippen molar-refractivity contribution in [3.8, 4) is 6.07 Å². The van der Waals surface area contributed by atoms with Crippen molar-refractivity contribution in [3.63, 3.8) is 0 Å². The van der Waals surface area contributed by atoms with E-state index >= 15 is 0 Å². The lowest BCUT2D eigenvalue weighted by molar-refractivity contribution is -0.116. The van der Waals surface area contributed by atoms with E-state index in [0.717, 1.165) is 5.56 Å². The Morgan fingerprint density at radius 3 is 2.85 bits per heavy atom. The van der Waals surface area contributed by atoms with Crippen LogP contribution in [-0.4, -0.2) is 5.78 Å². The van der Waals surface area contributed by atoms with Gasteiger partial charge in [-0.25, -0.2) is 0 Å². The molecule has 1 atom stereocenters. The quantitative estimate of drug-likeness (QED) is 0.743. The van der Waals surface area contributed by atoms with E-state index in [4.69, 9.17) is 5.26 Å². The fraction of sp³-hybridized carbons (Fsp3) is 0.200. The minimum atomic E-state index is -0.305. The SMILES string of the molecule is CC(=O)[C@@H](Br)c1cccc(C#N)c1. The van der Waals surface area contributed by atoms with Gasteiger partial charge in [0, 0.05) is 0 Å². The zero-order valence-electron chi connectivity index (χ0n) is 7.12. The number of benzene rings is 1. The normalized spacial score (nSPS) is 11.8. The van der Waals surface area contributed by atoms with Gasteiger partial charge in [0.15, 0.2) is 0 Å². The molecule has 3 heteroatoms. The molecule has 0 aliphatic heterocycles. The van der Waals surface area contributed by atoms with Gasteiger partial charge in [-0.2, -0.15) is 5.26 Å². The molecule has 0 spiro atoms. The Morgan fingerprint density at radius 2 is 2.31 bits per heavy atom. The van der Waals surface area contributed by atoms with Gasteiger partial charge in [0.05, 0.1) is 16.5 Å². The molecule has 0 aromatic heterocycles. The van der Waals surface area contributed by atoms with E-state index in [1.807, 2.05) is 12.1 Å². The van der Waals surface area contributed by atoms with Crippen molar-refractivity contribution in [1.29, 1.82) is 5.26 Å². The van der Waals surface area contributed by atoms with Crippen LogP contribution >= 0.6 is 15.9 Å². The van der Waals surface area contributed by atoms with E-state index in [-0.39, 0.29) is 10.6 Å². The molecule has 2 nitrogen and oxygen atoms in total. The van der Waals surface area contributed by atoms with E-state index in [9.17, 15) is 4.79 Å². The van der Waals surface area contributed by atoms with Gasteiger partial charge in [-0.3, -0.25) is 4.79 Å². The molecular formula is C10H8BrNO. The van der Waals surface area contributed by atoms with Crippen molar-refractivity contribution in [2.75, 3.05) is 0 Å². The largest absolute Gasteiger partial charge is 0.298 e. The van der Waals surface area contributed by atoms with Gasteiger partial charge >= 0.3 is 0 Å². The predicted molar refractivity (Wildman–Crippen MR) is 53.5 cm³/mol. The zero-order chi connectivity index (χ0) is 9.84. The summed E-state index contributed by atoms with van der Waals surface area (Å²) < 4.78 is 0. The number of carbonyl (C=O) groups is 1. The number of rotatable bonds is 2. The lowest BCUT2D eigenvalue weighted by Crippen LogP contribution is -2.00. The molecule has 0 radical (unpaired) electrons. The highest BCUT2D eigenvalue weighted by Crippen LogP contribution is 2.23. The Morgan fingerprint density at radius 1 is 1.62 bits per heavy atom. The molecule has 0 saturated carbocycles. The van der Waals surface area contributed by atoms with Crippen molar-refractivity contribution in [3.05, 3.63) is 35.4 Å². The van der Waals surface area contributed by atoms with Crippen LogP contribution in [0.25, 0.3) is 0 Å². The standard InChI is InChI=1S/C10H8BrNO/c1-7(13)10(11)9-4-2-3-8(5-9)6-12/h2-5,10H,1H3/t10-/m1/s1. The number of hydrogen-bond donors (Lipinski definition) is 0. The first-order valence-electron chi connectivity index (χ1n) is 3.79. The van der Waals surface area contributed by atoms with Crippen molar-refractivity contribution >= 4 is 21.7 Å². The van der Waals surface area contributed by atoms with E-state index in [1.165, 1.54) is 6.92 Å². The van der Waals surface area contributed by atoms with Crippen LogP contribution in [0.4, 0.5) is 0 Å². The lowest BCUT2D eigenvalue weighted by Gasteiger charge is -2.05. The van der Waals surface area contributed by atoms with Crippen molar-refractivity contribution in [1.82, 2.24) is 0 Å². The second-order valence-corrected chi connectivity index (χ2v) is 3.63. The molecular weight excluding hydrogens is 230 g/mol. The summed E-state index contributed by atoms with van der Waals surface area (Å²) in [4.78, 5) is 10.7. The van der Waals surface area contributed by atoms with Crippen LogP contribution in [0.2, 0.25) is 0 Å². The second kappa shape index (κ2) is 4.20. The van der Waals surface area contributed by atoms with Crippen LogP contribution in [-0.2, 0) is 4.79 Å². The number of Topliss-reactive ketones (excluding diaryl/α,β-unsaturated/α-hetero) is 1. The zero-order valence-corrected chi connectivity index (χ0v) is 8.71. The number of halogens is 1. The van der Waals surface area contributed by atoms with Crippen molar-refractivity contribution < 1.29 is 4.79 Å². The van der Waals surface area contributed by atoms with Crippen LogP contribution < -0.4 is 0 Å². The Bertz CT molecular complexity index is 367. The van der Waals surface area contributed by atoms with E-state index < -0.39 is 0 Å². The van der Waals surface area contributed by atoms with E-state index in [0.29, 0.717) is 5.56 Å². The summed E-state index contributed by atoms with van der Waals surface area (Å²) in [5.74, 6) is 0.0371. The molecule has 0 heterocycles. The average molecular weight is 238 g/mol. The summed E-state index contributed by atoms with van der Waals surface area (Å²) in [5.41, 5.74) is 1.40. The number of alkyl halides is 1. The van der Waals surface area contributed by atoms with Crippen molar-refractivity contribution in [2.45, 2.75) is 11.8 Å². The highest BCUT2D eigenvalue weighted by atomic mass is 79.9. The summed E-state index contributed by atoms with van der Waals surface area (Å²) in [5, 5.41) is 8.63. The Kier molecular flexibility index (Phi) is 3.21. The first-order valence-corrected chi connectivity index (χ1v) is 4.71. The van der Waals surface area contributed by atoms with Gasteiger partial charge < -0.3 is 0 Å². The van der Waals surface area contributed by atoms with Crippen LogP contribution in [0.5, 0.6) is 0 Å². The number of hydrogen-bond acceptors (Lipinski definition) is 2. The van der Waals surface area contributed by atoms with Gasteiger partial charge in [0.2, 0.25) is 0 Å². The highest BCUT2D eigenvalue weighted by Gasteiger charge is 2.12. The maximum atomic E-state index is 11.0. The molecule has 0 unspecified atom stereocenters. The van der Waals surface area contributed by atoms with Crippen LogP contribution in [0.15, 0.2) is 24.3 Å². The number of nitriles is 1. The molecule has 0 aliphatic rings. The molecule has 0 N–H and O–H groups in total. The smallest absolute Gasteiger partial charge is 0.147 e. The third kappa shape index (κ3) is 2.40. The third-order valence-corrected chi connectivity index (χ3v) is 2.84. The molecule has 13 heavy (non-hydrogen) atoms. The number of ketones is 1. The molecule has 1 aromatic carbocycles. The molecule has 0 bridgehead atoms. The van der Waals surface area contributed by atoms with Gasteiger partial charge in [-0.1, -0.05) is 28.1 Å². The minimum Gasteiger partial charge on any atom is -0.298 e.